The number of fused-ring (bicyclic) bond motifs is 17. The molecule has 17 rings (SSSR count). The van der Waals surface area contributed by atoms with Gasteiger partial charge in [-0.3, -0.25) is 0 Å². The third-order valence-corrected chi connectivity index (χ3v) is 18.9. The Kier molecular flexibility index (Phi) is 9.82. The van der Waals surface area contributed by atoms with Crippen LogP contribution in [0, 0.1) is 17.9 Å². The van der Waals surface area contributed by atoms with Crippen molar-refractivity contribution < 1.29 is 4.42 Å². The highest BCUT2D eigenvalue weighted by atomic mass is 32.1. The van der Waals surface area contributed by atoms with Gasteiger partial charge in [0.25, 0.3) is 0 Å². The van der Waals surface area contributed by atoms with E-state index in [-0.39, 0.29) is 0 Å². The minimum Gasteiger partial charge on any atom is -0.455 e. The Bertz CT molecular complexity index is 5610. The predicted octanol–water partition coefficient (Wildman–Crippen LogP) is 21.6. The minimum atomic E-state index is 0.388. The predicted molar refractivity (Wildman–Crippen MR) is 341 cm³/mol. The average molecular weight is 1070 g/mol. The quantitative estimate of drug-likeness (QED) is 0.156. The number of thiophene rings is 2. The molecule has 17 aromatic rings. The molecule has 0 aliphatic rings. The SMILES string of the molecule is [C-]#[N+]c1c(-c2ccccc2)c(C#N)c(-n2c3c(ccc4c5ccccc5sc43)c3cc(-c4ccccc4)c4c5ccccc5sc4c32)c(-c2ccccc2)c1-n1c2ccccc2c2ccc(-c3cccc4c3oc3ccccc34)cc21. The maximum absolute atomic E-state index is 12.4. The Hall–Kier alpha value is -10.5. The molecule has 0 radical (unpaired) electrons. The number of nitrogens with zero attached hydrogens (tertiary/aromatic N) is 4. The normalized spacial score (nSPS) is 11.9. The monoisotopic (exact) mass is 1060 g/mol. The van der Waals surface area contributed by atoms with Crippen LogP contribution >= 0.6 is 22.7 Å². The molecular formula is C74H40N4OS2. The molecule has 0 amide bonds. The molecule has 0 spiro atoms. The first kappa shape index (κ1) is 45.5. The molecule has 5 aromatic heterocycles. The lowest BCUT2D eigenvalue weighted by molar-refractivity contribution is 0.670. The fourth-order valence-electron chi connectivity index (χ4n) is 13.2. The fourth-order valence-corrected chi connectivity index (χ4v) is 15.7. The zero-order chi connectivity index (χ0) is 53.4. The van der Waals surface area contributed by atoms with Crippen LogP contribution in [0.15, 0.2) is 247 Å². The Morgan fingerprint density at radius 2 is 0.988 bits per heavy atom. The van der Waals surface area contributed by atoms with E-state index in [0.717, 1.165) is 125 Å². The highest BCUT2D eigenvalue weighted by Gasteiger charge is 2.34. The number of benzene rings is 12. The van der Waals surface area contributed by atoms with Crippen LogP contribution < -0.4 is 0 Å². The molecule has 374 valence electrons. The van der Waals surface area contributed by atoms with Crippen LogP contribution in [0.4, 0.5) is 5.69 Å². The lowest BCUT2D eigenvalue weighted by atomic mass is 9.88. The van der Waals surface area contributed by atoms with Gasteiger partial charge in [-0.25, -0.2) is 4.85 Å². The van der Waals surface area contributed by atoms with E-state index in [2.05, 4.69) is 214 Å². The summed E-state index contributed by atoms with van der Waals surface area (Å²) in [4.78, 5) is 4.66. The van der Waals surface area contributed by atoms with Crippen molar-refractivity contribution in [3.05, 3.63) is 260 Å². The fraction of sp³-hybridized carbons (Fsp3) is 0. The van der Waals surface area contributed by atoms with Gasteiger partial charge in [-0.15, -0.1) is 22.7 Å². The molecule has 5 heterocycles. The molecular weight excluding hydrogens is 1020 g/mol. The number of rotatable bonds is 6. The number of aromatic nitrogens is 2. The molecule has 0 N–H and O–H groups in total. The van der Waals surface area contributed by atoms with Crippen LogP contribution in [0.2, 0.25) is 0 Å². The van der Waals surface area contributed by atoms with Crippen molar-refractivity contribution in [1.29, 1.82) is 5.26 Å². The zero-order valence-corrected chi connectivity index (χ0v) is 44.7. The van der Waals surface area contributed by atoms with E-state index in [1.54, 1.807) is 22.7 Å². The molecule has 0 aliphatic carbocycles. The highest BCUT2D eigenvalue weighted by molar-refractivity contribution is 7.27. The number of hydrogen-bond donors (Lipinski definition) is 0. The molecule has 0 atom stereocenters. The topological polar surface area (TPSA) is 51.1 Å². The smallest absolute Gasteiger partial charge is 0.220 e. The summed E-state index contributed by atoms with van der Waals surface area (Å²) in [6.45, 7) is 9.58. The van der Waals surface area contributed by atoms with Gasteiger partial charge in [0.2, 0.25) is 5.69 Å². The molecule has 5 nitrogen and oxygen atoms in total. The van der Waals surface area contributed by atoms with Gasteiger partial charge in [-0.2, -0.15) is 5.26 Å². The van der Waals surface area contributed by atoms with Crippen LogP contribution in [0.5, 0.6) is 0 Å². The molecule has 81 heavy (non-hydrogen) atoms. The van der Waals surface area contributed by atoms with Crippen LogP contribution in [0.3, 0.4) is 0 Å². The second-order valence-electron chi connectivity index (χ2n) is 20.8. The number of nitriles is 1. The van der Waals surface area contributed by atoms with Crippen molar-refractivity contribution in [2.45, 2.75) is 0 Å². The molecule has 0 aliphatic heterocycles. The van der Waals surface area contributed by atoms with E-state index in [1.165, 1.54) is 25.6 Å². The Morgan fingerprint density at radius 1 is 0.407 bits per heavy atom. The van der Waals surface area contributed by atoms with Crippen LogP contribution in [0.25, 0.3) is 167 Å². The zero-order valence-electron chi connectivity index (χ0n) is 43.1. The first-order chi connectivity index (χ1) is 40.1. The third-order valence-electron chi connectivity index (χ3n) is 16.6. The molecule has 0 saturated heterocycles. The second-order valence-corrected chi connectivity index (χ2v) is 22.9. The lowest BCUT2D eigenvalue weighted by Crippen LogP contribution is -2.09. The number of hydrogen-bond acceptors (Lipinski definition) is 4. The summed E-state index contributed by atoms with van der Waals surface area (Å²) in [7, 11) is 0. The Balaban J connectivity index is 1.13. The van der Waals surface area contributed by atoms with Crippen molar-refractivity contribution in [2.75, 3.05) is 0 Å². The summed E-state index contributed by atoms with van der Waals surface area (Å²) < 4.78 is 16.1. The van der Waals surface area contributed by atoms with Crippen molar-refractivity contribution in [1.82, 2.24) is 9.13 Å². The van der Waals surface area contributed by atoms with Gasteiger partial charge in [-0.1, -0.05) is 206 Å². The second kappa shape index (κ2) is 17.5. The first-order valence-electron chi connectivity index (χ1n) is 27.0. The van der Waals surface area contributed by atoms with Crippen molar-refractivity contribution in [3.63, 3.8) is 0 Å². The van der Waals surface area contributed by atoms with Gasteiger partial charge in [0.1, 0.15) is 17.2 Å². The van der Waals surface area contributed by atoms with E-state index in [0.29, 0.717) is 22.5 Å². The van der Waals surface area contributed by atoms with Gasteiger partial charge in [-0.05, 0) is 64.2 Å². The summed E-state index contributed by atoms with van der Waals surface area (Å²) in [6, 6.07) is 88.5. The number of furan rings is 1. The largest absolute Gasteiger partial charge is 0.455 e. The Labute approximate surface area is 471 Å². The summed E-state index contributed by atoms with van der Waals surface area (Å²) in [5.41, 5.74) is 15.1. The van der Waals surface area contributed by atoms with Gasteiger partial charge in [0.15, 0.2) is 0 Å². The standard InChI is InChI=1S/C74H40N4OS2/c1-76-67-64(44-22-7-3-8-23-44)58(42-75)68(78-69-52(38-39-54-51-28-13-17-34-62(51)80-73(54)69)57-41-56(43-20-5-2-6-21-43)66-55-29-14-18-35-63(55)81-74(66)70(57)78)65(45-24-9-4-10-25-45)71(67)77-59-32-15-11-26-48(59)49-37-36-46(40-60(49)77)47-30-19-31-53-50-27-12-16-33-61(50)79-72(47)53/h2-41H. The number of para-hydroxylation sites is 3. The lowest BCUT2D eigenvalue weighted by Gasteiger charge is -2.26. The van der Waals surface area contributed by atoms with E-state index < -0.39 is 0 Å². The average Bonchev–Trinajstić information content (AvgIpc) is 3.63. The van der Waals surface area contributed by atoms with E-state index in [4.69, 9.17) is 4.42 Å². The van der Waals surface area contributed by atoms with Crippen molar-refractivity contribution in [2.24, 2.45) is 0 Å². The molecule has 0 bridgehead atoms. The summed E-state index contributed by atoms with van der Waals surface area (Å²) in [5, 5.41) is 23.5. The van der Waals surface area contributed by atoms with E-state index in [1.807, 2.05) is 48.5 Å². The van der Waals surface area contributed by atoms with Crippen LogP contribution in [-0.4, -0.2) is 9.13 Å². The maximum atomic E-state index is 12.4. The van der Waals surface area contributed by atoms with Gasteiger partial charge < -0.3 is 13.6 Å². The minimum absolute atomic E-state index is 0.388. The Morgan fingerprint density at radius 3 is 1.74 bits per heavy atom. The molecule has 0 saturated carbocycles. The maximum Gasteiger partial charge on any atom is 0.220 e. The molecule has 12 aromatic carbocycles. The summed E-state index contributed by atoms with van der Waals surface area (Å²) >= 11 is 3.60. The summed E-state index contributed by atoms with van der Waals surface area (Å²) in [6.07, 6.45) is 0. The van der Waals surface area contributed by atoms with Crippen molar-refractivity contribution >= 4 is 134 Å². The van der Waals surface area contributed by atoms with E-state index >= 15 is 0 Å². The van der Waals surface area contributed by atoms with Gasteiger partial charge in [0.05, 0.1) is 55.0 Å². The summed E-state index contributed by atoms with van der Waals surface area (Å²) in [5.74, 6) is 0. The third kappa shape index (κ3) is 6.45. The molecule has 0 unspecified atom stereocenters. The van der Waals surface area contributed by atoms with Crippen molar-refractivity contribution in [3.8, 4) is 62.0 Å². The van der Waals surface area contributed by atoms with Crippen LogP contribution in [-0.2, 0) is 0 Å². The van der Waals surface area contributed by atoms with Gasteiger partial charge >= 0.3 is 0 Å². The first-order valence-corrected chi connectivity index (χ1v) is 28.6. The highest BCUT2D eigenvalue weighted by Crippen LogP contribution is 2.56. The molecule has 0 fully saturated rings. The van der Waals surface area contributed by atoms with Gasteiger partial charge in [0, 0.05) is 80.0 Å². The van der Waals surface area contributed by atoms with E-state index in [9.17, 15) is 11.8 Å². The molecule has 7 heteroatoms. The van der Waals surface area contributed by atoms with Crippen LogP contribution in [0.1, 0.15) is 5.56 Å².